The molecule has 1 aromatic rings. The van der Waals surface area contributed by atoms with Crippen molar-refractivity contribution < 1.29 is 8.42 Å². The Bertz CT molecular complexity index is 551. The van der Waals surface area contributed by atoms with E-state index in [9.17, 15) is 13.2 Å². The summed E-state index contributed by atoms with van der Waals surface area (Å²) in [4.78, 5) is 13.4. The summed E-state index contributed by atoms with van der Waals surface area (Å²) < 4.78 is 26.7. The fourth-order valence-corrected chi connectivity index (χ4v) is 3.49. The summed E-state index contributed by atoms with van der Waals surface area (Å²) in [5.74, 6) is 1.18. The van der Waals surface area contributed by atoms with Gasteiger partial charge in [-0.25, -0.2) is 13.1 Å². The fraction of sp³-hybridized carbons (Fsp3) is 0.615. The number of aromatic nitrogens is 1. The monoisotopic (exact) mass is 284 g/mol. The minimum absolute atomic E-state index is 0.108. The van der Waals surface area contributed by atoms with Crippen LogP contribution in [0.5, 0.6) is 0 Å². The highest BCUT2D eigenvalue weighted by Crippen LogP contribution is 2.27. The van der Waals surface area contributed by atoms with Crippen molar-refractivity contribution in [3.63, 3.8) is 0 Å². The third-order valence-electron chi connectivity index (χ3n) is 3.76. The maximum absolute atomic E-state index is 12.0. The zero-order chi connectivity index (χ0) is 13.9. The first kappa shape index (κ1) is 14.3. The van der Waals surface area contributed by atoms with E-state index < -0.39 is 10.0 Å². The van der Waals surface area contributed by atoms with Crippen molar-refractivity contribution in [2.45, 2.75) is 37.5 Å². The zero-order valence-electron chi connectivity index (χ0n) is 11.1. The molecule has 1 heterocycles. The normalized spacial score (nSPS) is 24.3. The van der Waals surface area contributed by atoms with Crippen LogP contribution in [0.3, 0.4) is 0 Å². The molecule has 2 rings (SSSR count). The molecule has 1 saturated carbocycles. The van der Waals surface area contributed by atoms with Gasteiger partial charge >= 0.3 is 0 Å². The molecule has 2 N–H and O–H groups in total. The number of hydrogen-bond donors (Lipinski definition) is 2. The molecule has 0 amide bonds. The Labute approximate surface area is 113 Å². The number of sulfonamides is 1. The third-order valence-corrected chi connectivity index (χ3v) is 5.18. The van der Waals surface area contributed by atoms with Gasteiger partial charge in [-0.15, -0.1) is 0 Å². The molecule has 106 valence electrons. The highest BCUT2D eigenvalue weighted by atomic mass is 32.2. The second-order valence-electron chi connectivity index (χ2n) is 5.37. The van der Waals surface area contributed by atoms with Gasteiger partial charge in [0.25, 0.3) is 0 Å². The molecule has 0 atom stereocenters. The van der Waals surface area contributed by atoms with Crippen LogP contribution in [0.25, 0.3) is 0 Å². The fourth-order valence-electron chi connectivity index (χ4n) is 2.41. The molecule has 19 heavy (non-hydrogen) atoms. The number of aromatic amines is 1. The zero-order valence-corrected chi connectivity index (χ0v) is 11.9. The Morgan fingerprint density at radius 2 is 1.95 bits per heavy atom. The average Bonchev–Trinajstić information content (AvgIpc) is 2.39. The SMILES string of the molecule is CC1CCC(CNS(=O)(=O)c2ccc(=O)[nH]c2)CC1. The van der Waals surface area contributed by atoms with Gasteiger partial charge in [-0.2, -0.15) is 0 Å². The van der Waals surface area contributed by atoms with Gasteiger partial charge in [-0.1, -0.05) is 19.8 Å². The Hall–Kier alpha value is -1.14. The average molecular weight is 284 g/mol. The van der Waals surface area contributed by atoms with Crippen molar-refractivity contribution in [2.75, 3.05) is 6.54 Å². The lowest BCUT2D eigenvalue weighted by atomic mass is 9.83. The van der Waals surface area contributed by atoms with Gasteiger partial charge in [0, 0.05) is 18.8 Å². The molecule has 0 unspecified atom stereocenters. The van der Waals surface area contributed by atoms with Crippen LogP contribution >= 0.6 is 0 Å². The highest BCUT2D eigenvalue weighted by molar-refractivity contribution is 7.89. The molecular weight excluding hydrogens is 264 g/mol. The van der Waals surface area contributed by atoms with E-state index in [1.807, 2.05) is 0 Å². The quantitative estimate of drug-likeness (QED) is 0.879. The maximum atomic E-state index is 12.0. The van der Waals surface area contributed by atoms with Crippen molar-refractivity contribution in [3.8, 4) is 0 Å². The molecule has 1 aliphatic rings. The van der Waals surface area contributed by atoms with Crippen LogP contribution in [-0.2, 0) is 10.0 Å². The molecule has 0 aliphatic heterocycles. The summed E-state index contributed by atoms with van der Waals surface area (Å²) in [5, 5.41) is 0. The van der Waals surface area contributed by atoms with E-state index in [1.54, 1.807) is 0 Å². The Morgan fingerprint density at radius 1 is 1.26 bits per heavy atom. The van der Waals surface area contributed by atoms with Gasteiger partial charge in [0.05, 0.1) is 4.90 Å². The summed E-state index contributed by atoms with van der Waals surface area (Å²) >= 11 is 0. The summed E-state index contributed by atoms with van der Waals surface area (Å²) in [5.41, 5.74) is -0.305. The van der Waals surface area contributed by atoms with Crippen LogP contribution < -0.4 is 10.3 Å². The molecule has 0 spiro atoms. The molecule has 6 heteroatoms. The molecule has 5 nitrogen and oxygen atoms in total. The van der Waals surface area contributed by atoms with E-state index in [1.165, 1.54) is 31.2 Å². The molecule has 0 radical (unpaired) electrons. The molecule has 1 aliphatic carbocycles. The number of hydrogen-bond acceptors (Lipinski definition) is 3. The number of nitrogens with one attached hydrogen (secondary N) is 2. The standard InChI is InChI=1S/C13H20N2O3S/c1-10-2-4-11(5-3-10)8-15-19(17,18)12-6-7-13(16)14-9-12/h6-7,9-11,15H,2-5,8H2,1H3,(H,14,16). The summed E-state index contributed by atoms with van der Waals surface area (Å²) in [6.45, 7) is 2.72. The Kier molecular flexibility index (Phi) is 4.42. The van der Waals surface area contributed by atoms with Crippen LogP contribution in [0, 0.1) is 11.8 Å². The first-order chi connectivity index (χ1) is 8.97. The molecule has 0 saturated heterocycles. The van der Waals surface area contributed by atoms with Crippen molar-refractivity contribution >= 4 is 10.0 Å². The van der Waals surface area contributed by atoms with Gasteiger partial charge in [-0.05, 0) is 30.7 Å². The van der Waals surface area contributed by atoms with Gasteiger partial charge in [-0.3, -0.25) is 4.79 Å². The summed E-state index contributed by atoms with van der Waals surface area (Å²) in [6.07, 6.45) is 5.73. The van der Waals surface area contributed by atoms with E-state index in [2.05, 4.69) is 16.6 Å². The number of H-pyrrole nitrogens is 1. The van der Waals surface area contributed by atoms with E-state index in [4.69, 9.17) is 0 Å². The van der Waals surface area contributed by atoms with Crippen LogP contribution in [0.4, 0.5) is 0 Å². The molecule has 0 bridgehead atoms. The van der Waals surface area contributed by atoms with Gasteiger partial charge < -0.3 is 4.98 Å². The summed E-state index contributed by atoms with van der Waals surface area (Å²) in [6, 6.07) is 2.54. The highest BCUT2D eigenvalue weighted by Gasteiger charge is 2.21. The van der Waals surface area contributed by atoms with Gasteiger partial charge in [0.15, 0.2) is 0 Å². The summed E-state index contributed by atoms with van der Waals surface area (Å²) in [7, 11) is -3.51. The van der Waals surface area contributed by atoms with Crippen LogP contribution in [0.2, 0.25) is 0 Å². The topological polar surface area (TPSA) is 79.0 Å². The Morgan fingerprint density at radius 3 is 2.53 bits per heavy atom. The molecule has 0 aromatic carbocycles. The first-order valence-electron chi connectivity index (χ1n) is 6.66. The second kappa shape index (κ2) is 5.88. The maximum Gasteiger partial charge on any atom is 0.247 e. The van der Waals surface area contributed by atoms with E-state index >= 15 is 0 Å². The predicted octanol–water partition coefficient (Wildman–Crippen LogP) is 1.48. The van der Waals surface area contributed by atoms with Crippen molar-refractivity contribution in [1.82, 2.24) is 9.71 Å². The molecule has 1 fully saturated rings. The van der Waals surface area contributed by atoms with E-state index in [-0.39, 0.29) is 10.5 Å². The lowest BCUT2D eigenvalue weighted by Crippen LogP contribution is -2.31. The lowest BCUT2D eigenvalue weighted by molar-refractivity contribution is 0.290. The minimum atomic E-state index is -3.51. The van der Waals surface area contributed by atoms with E-state index in [0.29, 0.717) is 12.5 Å². The van der Waals surface area contributed by atoms with Crippen molar-refractivity contribution in [2.24, 2.45) is 11.8 Å². The third kappa shape index (κ3) is 3.91. The van der Waals surface area contributed by atoms with Gasteiger partial charge in [0.1, 0.15) is 0 Å². The minimum Gasteiger partial charge on any atom is -0.328 e. The smallest absolute Gasteiger partial charge is 0.247 e. The molecule has 1 aromatic heterocycles. The molecular formula is C13H20N2O3S. The van der Waals surface area contributed by atoms with Gasteiger partial charge in [0.2, 0.25) is 15.6 Å². The number of rotatable bonds is 4. The van der Waals surface area contributed by atoms with E-state index in [0.717, 1.165) is 18.8 Å². The second-order valence-corrected chi connectivity index (χ2v) is 7.13. The van der Waals surface area contributed by atoms with Crippen LogP contribution in [0.1, 0.15) is 32.6 Å². The van der Waals surface area contributed by atoms with Crippen LogP contribution in [-0.4, -0.2) is 19.9 Å². The van der Waals surface area contributed by atoms with Crippen LogP contribution in [0.15, 0.2) is 28.0 Å². The Balaban J connectivity index is 1.94. The van der Waals surface area contributed by atoms with Crippen molar-refractivity contribution in [1.29, 1.82) is 0 Å². The number of pyridine rings is 1. The lowest BCUT2D eigenvalue weighted by Gasteiger charge is -2.26. The predicted molar refractivity (Wildman–Crippen MR) is 73.4 cm³/mol. The largest absolute Gasteiger partial charge is 0.328 e. The first-order valence-corrected chi connectivity index (χ1v) is 8.14. The van der Waals surface area contributed by atoms with Crippen molar-refractivity contribution in [3.05, 3.63) is 28.7 Å².